The van der Waals surface area contributed by atoms with Crippen LogP contribution in [0.25, 0.3) is 0 Å². The normalized spacial score (nSPS) is 24.7. The average Bonchev–Trinajstić information content (AvgIpc) is 3.41. The molecule has 168 valence electrons. The maximum Gasteiger partial charge on any atom is 0.237 e. The highest BCUT2D eigenvalue weighted by molar-refractivity contribution is 6.35. The van der Waals surface area contributed by atoms with Gasteiger partial charge in [0.15, 0.2) is 0 Å². The van der Waals surface area contributed by atoms with Gasteiger partial charge in [-0.15, -0.1) is 0 Å². The van der Waals surface area contributed by atoms with Crippen LogP contribution in [0.2, 0.25) is 0 Å². The number of carbonyl (C=O) groups is 4. The van der Waals surface area contributed by atoms with E-state index in [4.69, 9.17) is 4.74 Å². The van der Waals surface area contributed by atoms with Crippen molar-refractivity contribution in [3.8, 4) is 0 Å². The quantitative estimate of drug-likeness (QED) is 0.448. The Kier molecular flexibility index (Phi) is 4.44. The van der Waals surface area contributed by atoms with Gasteiger partial charge in [-0.1, -0.05) is 84.4 Å². The van der Waals surface area contributed by atoms with Crippen molar-refractivity contribution in [2.45, 2.75) is 25.2 Å². The highest BCUT2D eigenvalue weighted by Gasteiger charge is 2.74. The molecule has 0 unspecified atom stereocenters. The molecule has 2 fully saturated rings. The minimum Gasteiger partial charge on any atom is -0.349 e. The van der Waals surface area contributed by atoms with Gasteiger partial charge in [-0.2, -0.15) is 0 Å². The van der Waals surface area contributed by atoms with Gasteiger partial charge < -0.3 is 4.74 Å². The van der Waals surface area contributed by atoms with Crippen LogP contribution in [0, 0.1) is 18.8 Å². The Morgan fingerprint density at radius 3 is 1.97 bits per heavy atom. The first kappa shape index (κ1) is 20.7. The van der Waals surface area contributed by atoms with Gasteiger partial charge in [0, 0.05) is 11.1 Å². The highest BCUT2D eigenvalue weighted by atomic mass is 16.5. The fraction of sp³-hybridized carbons (Fsp3) is 0.214. The number of hydrogen-bond donors (Lipinski definition) is 0. The molecule has 0 N–H and O–H groups in total. The number of fused-ring (bicyclic) bond motifs is 3. The van der Waals surface area contributed by atoms with Gasteiger partial charge in [0.25, 0.3) is 0 Å². The smallest absolute Gasteiger partial charge is 0.237 e. The standard InChI is InChI=1S/C28H21NO5/c1-16-11-13-18(14-12-16)23-21-22(27(33)29(26(21)32)15-17-7-3-2-4-8-17)28(34-23)24(30)19-9-5-6-10-20(19)25(28)31/h2-14,21-23H,15H2,1H3/t21-,22+,23-/m1/s1. The molecule has 34 heavy (non-hydrogen) atoms. The van der Waals surface area contributed by atoms with E-state index in [9.17, 15) is 19.2 Å². The molecule has 3 aliphatic rings. The van der Waals surface area contributed by atoms with Crippen molar-refractivity contribution in [1.82, 2.24) is 4.90 Å². The number of amides is 2. The molecule has 2 aliphatic heterocycles. The van der Waals surface area contributed by atoms with Crippen LogP contribution in [-0.4, -0.2) is 33.9 Å². The van der Waals surface area contributed by atoms with Crippen molar-refractivity contribution in [2.75, 3.05) is 0 Å². The molecule has 0 saturated carbocycles. The topological polar surface area (TPSA) is 80.8 Å². The van der Waals surface area contributed by atoms with Crippen molar-refractivity contribution in [3.05, 3.63) is 107 Å². The Hall–Kier alpha value is -3.90. The van der Waals surface area contributed by atoms with Crippen LogP contribution in [0.3, 0.4) is 0 Å². The number of Topliss-reactive ketones (excluding diaryl/α,β-unsaturated/α-hetero) is 2. The van der Waals surface area contributed by atoms with E-state index >= 15 is 0 Å². The predicted molar refractivity (Wildman–Crippen MR) is 122 cm³/mol. The molecule has 2 heterocycles. The van der Waals surface area contributed by atoms with Gasteiger partial charge >= 0.3 is 0 Å². The largest absolute Gasteiger partial charge is 0.349 e. The van der Waals surface area contributed by atoms with Crippen LogP contribution in [0.5, 0.6) is 0 Å². The molecule has 6 heteroatoms. The fourth-order valence-corrected chi connectivity index (χ4v) is 5.56. The predicted octanol–water partition coefficient (Wildman–Crippen LogP) is 3.69. The van der Waals surface area contributed by atoms with Gasteiger partial charge in [0.05, 0.1) is 24.5 Å². The monoisotopic (exact) mass is 451 g/mol. The Balaban J connectivity index is 1.49. The summed E-state index contributed by atoms with van der Waals surface area (Å²) >= 11 is 0. The van der Waals surface area contributed by atoms with Crippen LogP contribution in [0.15, 0.2) is 78.9 Å². The number of nitrogens with zero attached hydrogens (tertiary/aromatic N) is 1. The lowest BCUT2D eigenvalue weighted by molar-refractivity contribution is -0.145. The lowest BCUT2D eigenvalue weighted by Gasteiger charge is -2.27. The molecule has 3 atom stereocenters. The summed E-state index contributed by atoms with van der Waals surface area (Å²) < 4.78 is 6.28. The Morgan fingerprint density at radius 2 is 1.35 bits per heavy atom. The van der Waals surface area contributed by atoms with Gasteiger partial charge in [0.2, 0.25) is 29.0 Å². The summed E-state index contributed by atoms with van der Waals surface area (Å²) in [6.45, 7) is 2.02. The zero-order valence-corrected chi connectivity index (χ0v) is 18.4. The summed E-state index contributed by atoms with van der Waals surface area (Å²) in [6, 6.07) is 23.1. The summed E-state index contributed by atoms with van der Waals surface area (Å²) in [6.07, 6.45) is -0.884. The zero-order chi connectivity index (χ0) is 23.6. The molecular weight excluding hydrogens is 430 g/mol. The maximum atomic E-state index is 13.8. The third-order valence-electron chi connectivity index (χ3n) is 7.20. The molecule has 2 amide bonds. The average molecular weight is 451 g/mol. The summed E-state index contributed by atoms with van der Waals surface area (Å²) in [4.78, 5) is 56.0. The summed E-state index contributed by atoms with van der Waals surface area (Å²) in [5.74, 6) is -4.20. The van der Waals surface area contributed by atoms with E-state index in [0.29, 0.717) is 5.56 Å². The third-order valence-corrected chi connectivity index (χ3v) is 7.20. The molecule has 3 aromatic carbocycles. The number of rotatable bonds is 3. The van der Waals surface area contributed by atoms with Crippen molar-refractivity contribution in [2.24, 2.45) is 11.8 Å². The molecular formula is C28H21NO5. The van der Waals surface area contributed by atoms with Gasteiger partial charge in [-0.05, 0) is 18.1 Å². The number of carbonyl (C=O) groups excluding carboxylic acids is 4. The number of hydrogen-bond acceptors (Lipinski definition) is 5. The first-order valence-corrected chi connectivity index (χ1v) is 11.3. The van der Waals surface area contributed by atoms with Crippen molar-refractivity contribution < 1.29 is 23.9 Å². The second kappa shape index (κ2) is 7.30. The van der Waals surface area contributed by atoms with E-state index in [-0.39, 0.29) is 17.7 Å². The molecule has 1 spiro atoms. The molecule has 0 radical (unpaired) electrons. The number of ketones is 2. The molecule has 3 aromatic rings. The first-order valence-electron chi connectivity index (χ1n) is 11.3. The van der Waals surface area contributed by atoms with Crippen LogP contribution in [-0.2, 0) is 20.9 Å². The number of aryl methyl sites for hydroxylation is 1. The zero-order valence-electron chi connectivity index (χ0n) is 18.4. The number of imide groups is 1. The van der Waals surface area contributed by atoms with E-state index in [0.717, 1.165) is 11.1 Å². The molecule has 2 saturated heterocycles. The van der Waals surface area contributed by atoms with Crippen LogP contribution in [0.1, 0.15) is 43.5 Å². The lowest BCUT2D eigenvalue weighted by atomic mass is 9.77. The number of benzene rings is 3. The first-order chi connectivity index (χ1) is 16.4. The van der Waals surface area contributed by atoms with Crippen molar-refractivity contribution in [1.29, 1.82) is 0 Å². The minimum atomic E-state index is -2.03. The minimum absolute atomic E-state index is 0.0809. The third kappa shape index (κ3) is 2.66. The number of ether oxygens (including phenoxy) is 1. The molecule has 6 rings (SSSR count). The van der Waals surface area contributed by atoms with E-state index in [2.05, 4.69) is 0 Å². The fourth-order valence-electron chi connectivity index (χ4n) is 5.56. The van der Waals surface area contributed by atoms with E-state index in [1.807, 2.05) is 61.5 Å². The van der Waals surface area contributed by atoms with E-state index in [1.54, 1.807) is 24.3 Å². The van der Waals surface area contributed by atoms with Gasteiger partial charge in [-0.3, -0.25) is 24.1 Å². The Morgan fingerprint density at radius 1 is 0.765 bits per heavy atom. The Labute approximate surface area is 196 Å². The summed E-state index contributed by atoms with van der Waals surface area (Å²) in [5, 5.41) is 0. The number of likely N-dealkylation sites (tertiary alicyclic amines) is 1. The molecule has 0 bridgehead atoms. The SMILES string of the molecule is Cc1ccc([C@H]2OC3(C(=O)c4ccccc4C3=O)[C@@H]3C(=O)N(Cc4ccccc4)C(=O)[C@@H]23)cc1. The van der Waals surface area contributed by atoms with Crippen molar-refractivity contribution >= 4 is 23.4 Å². The molecule has 0 aromatic heterocycles. The van der Waals surface area contributed by atoms with E-state index in [1.165, 1.54) is 4.90 Å². The van der Waals surface area contributed by atoms with Crippen LogP contribution >= 0.6 is 0 Å². The van der Waals surface area contributed by atoms with Gasteiger partial charge in [0.1, 0.15) is 0 Å². The molecule has 6 nitrogen and oxygen atoms in total. The Bertz CT molecular complexity index is 1330. The summed E-state index contributed by atoms with van der Waals surface area (Å²) in [5.41, 5.74) is 0.917. The molecule has 1 aliphatic carbocycles. The lowest BCUT2D eigenvalue weighted by Crippen LogP contribution is -2.50. The highest BCUT2D eigenvalue weighted by Crippen LogP contribution is 2.57. The van der Waals surface area contributed by atoms with Gasteiger partial charge in [-0.25, -0.2) is 0 Å². The maximum absolute atomic E-state index is 13.8. The van der Waals surface area contributed by atoms with Crippen LogP contribution in [0.4, 0.5) is 0 Å². The van der Waals surface area contributed by atoms with Crippen LogP contribution < -0.4 is 0 Å². The second-order valence-corrected chi connectivity index (χ2v) is 9.14. The van der Waals surface area contributed by atoms with E-state index < -0.39 is 46.9 Å². The summed E-state index contributed by atoms with van der Waals surface area (Å²) in [7, 11) is 0. The van der Waals surface area contributed by atoms with Crippen molar-refractivity contribution in [3.63, 3.8) is 0 Å². The second-order valence-electron chi connectivity index (χ2n) is 9.14.